The first kappa shape index (κ1) is 7.22. The van der Waals surface area contributed by atoms with Crippen molar-refractivity contribution < 1.29 is 10.0 Å². The molecule has 0 unspecified atom stereocenters. The van der Waals surface area contributed by atoms with Crippen molar-refractivity contribution in [3.8, 4) is 0 Å². The van der Waals surface area contributed by atoms with Crippen LogP contribution in [0.1, 0.15) is 6.92 Å². The topological polar surface area (TPSA) is 40.5 Å². The Morgan fingerprint density at radius 3 is 2.60 bits per heavy atom. The van der Waals surface area contributed by atoms with Crippen molar-refractivity contribution in [1.29, 1.82) is 0 Å². The van der Waals surface area contributed by atoms with Gasteiger partial charge in [-0.1, -0.05) is 0 Å². The number of hydrogen-bond acceptors (Lipinski definition) is 2. The highest BCUT2D eigenvalue weighted by atomic mass is 16.4. The summed E-state index contributed by atoms with van der Waals surface area (Å²) in [7, 11) is -1.37. The normalized spacial score (nSPS) is 15.5. The van der Waals surface area contributed by atoms with E-state index in [0.717, 1.165) is 5.57 Å². The van der Waals surface area contributed by atoms with Gasteiger partial charge in [-0.25, -0.2) is 0 Å². The highest BCUT2D eigenvalue weighted by Gasteiger charge is 2.19. The first-order valence-corrected chi connectivity index (χ1v) is 3.04. The average molecular weight is 135 g/mol. The largest absolute Gasteiger partial charge is 0.517 e. The fourth-order valence-corrected chi connectivity index (χ4v) is 0.770. The predicted octanol–water partition coefficient (Wildman–Crippen LogP) is 0.244. The van der Waals surface area contributed by atoms with E-state index in [4.69, 9.17) is 10.0 Å². The van der Waals surface area contributed by atoms with Crippen LogP contribution in [0.3, 0.4) is 0 Å². The Hall–Kier alpha value is -0.885. The summed E-state index contributed by atoms with van der Waals surface area (Å²) in [6.07, 6.45) is 7.88. The smallest absolute Gasteiger partial charge is 0.422 e. The van der Waals surface area contributed by atoms with Gasteiger partial charge in [-0.15, -0.1) is 0 Å². The van der Waals surface area contributed by atoms with Crippen LogP contribution in [0.4, 0.5) is 0 Å². The van der Waals surface area contributed by atoms with Gasteiger partial charge >= 0.3 is 7.12 Å². The van der Waals surface area contributed by atoms with Crippen molar-refractivity contribution in [2.75, 3.05) is 0 Å². The summed E-state index contributed by atoms with van der Waals surface area (Å²) in [4.78, 5) is 0. The van der Waals surface area contributed by atoms with E-state index in [1.807, 2.05) is 6.92 Å². The molecule has 2 nitrogen and oxygen atoms in total. The van der Waals surface area contributed by atoms with Crippen molar-refractivity contribution in [2.45, 2.75) is 6.92 Å². The van der Waals surface area contributed by atoms with Crippen LogP contribution in [-0.4, -0.2) is 17.2 Å². The zero-order valence-electron chi connectivity index (χ0n) is 5.70. The van der Waals surface area contributed by atoms with Gasteiger partial charge in [0.1, 0.15) is 11.6 Å². The minimum atomic E-state index is -1.37. The molecule has 3 heteroatoms. The third kappa shape index (κ3) is 1.55. The molecule has 0 bridgehead atoms. The van der Waals surface area contributed by atoms with E-state index in [2.05, 4.69) is 6.08 Å². The number of rotatable bonds is 1. The van der Waals surface area contributed by atoms with Crippen LogP contribution < -0.4 is 0 Å². The van der Waals surface area contributed by atoms with E-state index < -0.39 is 7.12 Å². The Bertz CT molecular complexity index is 214. The highest BCUT2D eigenvalue weighted by Crippen LogP contribution is 2.09. The van der Waals surface area contributed by atoms with Crippen molar-refractivity contribution in [3.63, 3.8) is 0 Å². The molecule has 0 aromatic rings. The molecule has 0 aromatic heterocycles. The molecule has 1 rings (SSSR count). The molecule has 1 aliphatic rings. The van der Waals surface area contributed by atoms with Gasteiger partial charge in [-0.2, -0.15) is 0 Å². The maximum Gasteiger partial charge on any atom is 0.517 e. The van der Waals surface area contributed by atoms with Gasteiger partial charge in [0.25, 0.3) is 0 Å². The SMILES string of the molecule is CC1=[C+]C=CC(B(O)O)=C1. The number of hydrogen-bond donors (Lipinski definition) is 2. The zero-order valence-corrected chi connectivity index (χ0v) is 5.70. The molecule has 0 heterocycles. The molecule has 0 fully saturated rings. The van der Waals surface area contributed by atoms with Crippen LogP contribution >= 0.6 is 0 Å². The zero-order chi connectivity index (χ0) is 7.56. The van der Waals surface area contributed by atoms with Crippen molar-refractivity contribution in [1.82, 2.24) is 0 Å². The standard InChI is InChI=1S/C7H8BO2/c1-6-3-2-4-7(5-6)8(9)10/h2,4-5,9-10H,1H3/q+1. The van der Waals surface area contributed by atoms with Gasteiger partial charge in [-0.3, -0.25) is 0 Å². The lowest BCUT2D eigenvalue weighted by atomic mass is 9.77. The summed E-state index contributed by atoms with van der Waals surface area (Å²) in [5, 5.41) is 17.4. The molecule has 0 saturated heterocycles. The maximum absolute atomic E-state index is 8.69. The van der Waals surface area contributed by atoms with Gasteiger partial charge in [0.15, 0.2) is 0 Å². The van der Waals surface area contributed by atoms with Gasteiger partial charge in [0.05, 0.1) is 11.5 Å². The Labute approximate surface area is 60.3 Å². The Balaban J connectivity index is 2.82. The lowest BCUT2D eigenvalue weighted by Crippen LogP contribution is -2.14. The molecular weight excluding hydrogens is 127 g/mol. The monoisotopic (exact) mass is 135 g/mol. The van der Waals surface area contributed by atoms with E-state index in [-0.39, 0.29) is 0 Å². The van der Waals surface area contributed by atoms with Gasteiger partial charge in [-0.05, 0) is 6.92 Å². The summed E-state index contributed by atoms with van der Waals surface area (Å²) in [6, 6.07) is 0. The van der Waals surface area contributed by atoms with Crippen LogP contribution in [0.15, 0.2) is 29.3 Å². The van der Waals surface area contributed by atoms with Crippen LogP contribution in [0.5, 0.6) is 0 Å². The van der Waals surface area contributed by atoms with Crippen LogP contribution in [-0.2, 0) is 0 Å². The van der Waals surface area contributed by atoms with Crippen molar-refractivity contribution in [2.24, 2.45) is 0 Å². The van der Waals surface area contributed by atoms with Crippen LogP contribution in [0.25, 0.3) is 0 Å². The second-order valence-electron chi connectivity index (χ2n) is 2.18. The highest BCUT2D eigenvalue weighted by molar-refractivity contribution is 6.51. The van der Waals surface area contributed by atoms with Crippen LogP contribution in [0, 0.1) is 6.08 Å². The molecule has 0 saturated carbocycles. The molecule has 10 heavy (non-hydrogen) atoms. The molecule has 0 aliphatic heterocycles. The molecule has 0 radical (unpaired) electrons. The summed E-state index contributed by atoms with van der Waals surface area (Å²) in [5.74, 6) is 0. The van der Waals surface area contributed by atoms with E-state index in [1.165, 1.54) is 0 Å². The Kier molecular flexibility index (Phi) is 2.02. The second-order valence-corrected chi connectivity index (χ2v) is 2.18. The van der Waals surface area contributed by atoms with E-state index >= 15 is 0 Å². The molecule has 0 spiro atoms. The Morgan fingerprint density at radius 1 is 1.50 bits per heavy atom. The summed E-state index contributed by atoms with van der Waals surface area (Å²) in [6.45, 7) is 1.85. The lowest BCUT2D eigenvalue weighted by molar-refractivity contribution is 0.420. The van der Waals surface area contributed by atoms with Crippen LogP contribution in [0.2, 0.25) is 0 Å². The predicted molar refractivity (Wildman–Crippen MR) is 39.8 cm³/mol. The van der Waals surface area contributed by atoms with Gasteiger partial charge in [0.2, 0.25) is 0 Å². The summed E-state index contributed by atoms with van der Waals surface area (Å²) < 4.78 is 0. The second kappa shape index (κ2) is 2.80. The Morgan fingerprint density at radius 2 is 2.20 bits per heavy atom. The minimum absolute atomic E-state index is 0.510. The van der Waals surface area contributed by atoms with E-state index in [0.29, 0.717) is 5.47 Å². The van der Waals surface area contributed by atoms with Crippen molar-refractivity contribution >= 4 is 7.12 Å². The fraction of sp³-hybridized carbons (Fsp3) is 0.143. The maximum atomic E-state index is 8.69. The third-order valence-corrected chi connectivity index (χ3v) is 1.27. The number of allylic oxidation sites excluding steroid dienone is 6. The molecule has 2 N–H and O–H groups in total. The van der Waals surface area contributed by atoms with Gasteiger partial charge < -0.3 is 10.0 Å². The van der Waals surface area contributed by atoms with E-state index in [9.17, 15) is 0 Å². The quantitative estimate of drug-likeness (QED) is 0.399. The molecule has 0 amide bonds. The minimum Gasteiger partial charge on any atom is -0.422 e. The summed E-state index contributed by atoms with van der Waals surface area (Å²) >= 11 is 0. The third-order valence-electron chi connectivity index (χ3n) is 1.27. The molecule has 0 aromatic carbocycles. The molecule has 1 aliphatic carbocycles. The summed E-state index contributed by atoms with van der Waals surface area (Å²) in [5.41, 5.74) is 1.42. The average Bonchev–Trinajstić information content (AvgIpc) is 1.88. The molecule has 0 atom stereocenters. The van der Waals surface area contributed by atoms with Gasteiger partial charge in [0, 0.05) is 12.2 Å². The fourth-order valence-electron chi connectivity index (χ4n) is 0.770. The lowest BCUT2D eigenvalue weighted by Gasteiger charge is -1.94. The molecule has 50 valence electrons. The van der Waals surface area contributed by atoms with E-state index in [1.54, 1.807) is 18.2 Å². The first-order chi connectivity index (χ1) is 4.70. The van der Waals surface area contributed by atoms with Crippen molar-refractivity contribution in [3.05, 3.63) is 35.3 Å². The first-order valence-electron chi connectivity index (χ1n) is 3.04. The molecular formula is C7H8BO2+.